The highest BCUT2D eigenvalue weighted by Gasteiger charge is 2.09. The maximum Gasteiger partial charge on any atom is 0.0809 e. The second-order valence-corrected chi connectivity index (χ2v) is 8.04. The smallest absolute Gasteiger partial charge is 0.0809 e. The third-order valence-corrected chi connectivity index (χ3v) is 4.46. The average Bonchev–Trinajstić information content (AvgIpc) is 2.87. The van der Waals surface area contributed by atoms with E-state index in [-0.39, 0.29) is 5.54 Å². The average molecular weight is 312 g/mol. The van der Waals surface area contributed by atoms with Crippen molar-refractivity contribution in [1.82, 2.24) is 5.32 Å². The van der Waals surface area contributed by atoms with Gasteiger partial charge in [0.15, 0.2) is 0 Å². The predicted octanol–water partition coefficient (Wildman–Crippen LogP) is 5.51. The first-order valence-electron chi connectivity index (χ1n) is 8.41. The molecule has 1 heterocycles. The molecule has 0 saturated heterocycles. The van der Waals surface area contributed by atoms with Crippen LogP contribution in [0.5, 0.6) is 0 Å². The van der Waals surface area contributed by atoms with E-state index in [0.717, 1.165) is 19.8 Å². The summed E-state index contributed by atoms with van der Waals surface area (Å²) >= 11 is 1.86. The summed E-state index contributed by atoms with van der Waals surface area (Å²) < 4.78 is 5.77. The molecule has 0 aromatic carbocycles. The van der Waals surface area contributed by atoms with Gasteiger partial charge in [-0.05, 0) is 39.3 Å². The Kier molecular flexibility index (Phi) is 9.21. The van der Waals surface area contributed by atoms with Crippen LogP contribution in [0.3, 0.4) is 0 Å². The maximum absolute atomic E-state index is 5.77. The van der Waals surface area contributed by atoms with Crippen molar-refractivity contribution >= 4 is 11.3 Å². The normalized spacial score (nSPS) is 12.0. The summed E-state index contributed by atoms with van der Waals surface area (Å²) in [5.74, 6) is 0. The van der Waals surface area contributed by atoms with Crippen LogP contribution in [0.4, 0.5) is 0 Å². The first-order chi connectivity index (χ1) is 10.0. The molecular formula is C18H33NOS. The Hall–Kier alpha value is -0.380. The molecule has 1 N–H and O–H groups in total. The molecule has 1 rings (SSSR count). The fourth-order valence-corrected chi connectivity index (χ4v) is 3.00. The van der Waals surface area contributed by atoms with Gasteiger partial charge in [0, 0.05) is 28.4 Å². The Balaban J connectivity index is 2.06. The van der Waals surface area contributed by atoms with Crippen LogP contribution >= 0.6 is 11.3 Å². The lowest BCUT2D eigenvalue weighted by Crippen LogP contribution is -2.34. The highest BCUT2D eigenvalue weighted by Crippen LogP contribution is 2.18. The van der Waals surface area contributed by atoms with E-state index in [4.69, 9.17) is 4.74 Å². The molecule has 2 nitrogen and oxygen atoms in total. The van der Waals surface area contributed by atoms with Crippen molar-refractivity contribution in [3.05, 3.63) is 21.9 Å². The van der Waals surface area contributed by atoms with Crippen LogP contribution in [0.2, 0.25) is 0 Å². The van der Waals surface area contributed by atoms with E-state index in [2.05, 4.69) is 45.1 Å². The molecular weight excluding hydrogens is 278 g/mol. The van der Waals surface area contributed by atoms with Crippen molar-refractivity contribution in [2.45, 2.75) is 84.9 Å². The van der Waals surface area contributed by atoms with E-state index >= 15 is 0 Å². The Morgan fingerprint density at radius 1 is 1.00 bits per heavy atom. The zero-order valence-corrected chi connectivity index (χ0v) is 15.2. The van der Waals surface area contributed by atoms with Gasteiger partial charge in [-0.1, -0.05) is 39.0 Å². The van der Waals surface area contributed by atoms with Crippen LogP contribution in [-0.2, 0) is 17.9 Å². The lowest BCUT2D eigenvalue weighted by Gasteiger charge is -2.19. The molecule has 0 aliphatic rings. The lowest BCUT2D eigenvalue weighted by molar-refractivity contribution is 0.119. The zero-order chi connectivity index (χ0) is 15.6. The Bertz CT molecular complexity index is 368. The lowest BCUT2D eigenvalue weighted by atomic mass is 10.1. The highest BCUT2D eigenvalue weighted by molar-refractivity contribution is 7.11. The van der Waals surface area contributed by atoms with Gasteiger partial charge in [0.2, 0.25) is 0 Å². The minimum atomic E-state index is 0.179. The van der Waals surface area contributed by atoms with E-state index in [1.54, 1.807) is 0 Å². The minimum Gasteiger partial charge on any atom is -0.376 e. The molecule has 0 radical (unpaired) electrons. The first-order valence-corrected chi connectivity index (χ1v) is 9.23. The Labute approximate surface area is 135 Å². The standard InChI is InChI=1S/C18H33NOS/c1-5-6-7-8-9-10-13-20-15-17-12-11-16(21-17)14-19-18(2,3)4/h11-12,19H,5-10,13-15H2,1-4H3. The molecule has 0 amide bonds. The third-order valence-electron chi connectivity index (χ3n) is 3.40. The largest absolute Gasteiger partial charge is 0.376 e. The van der Waals surface area contributed by atoms with Gasteiger partial charge < -0.3 is 10.1 Å². The number of ether oxygens (including phenoxy) is 1. The number of hydrogen-bond donors (Lipinski definition) is 1. The summed E-state index contributed by atoms with van der Waals surface area (Å²) in [5.41, 5.74) is 0.179. The topological polar surface area (TPSA) is 21.3 Å². The second-order valence-electron chi connectivity index (χ2n) is 6.79. The molecule has 1 aromatic heterocycles. The predicted molar refractivity (Wildman–Crippen MR) is 93.9 cm³/mol. The second kappa shape index (κ2) is 10.4. The molecule has 1 aromatic rings. The molecule has 0 spiro atoms. The van der Waals surface area contributed by atoms with Crippen molar-refractivity contribution in [3.8, 4) is 0 Å². The van der Waals surface area contributed by atoms with Crippen LogP contribution in [0.1, 0.15) is 76.0 Å². The molecule has 3 heteroatoms. The molecule has 122 valence electrons. The summed E-state index contributed by atoms with van der Waals surface area (Å²) in [6, 6.07) is 4.42. The molecule has 0 unspecified atom stereocenters. The molecule has 0 saturated carbocycles. The quantitative estimate of drug-likeness (QED) is 0.544. The van der Waals surface area contributed by atoms with Gasteiger partial charge in [0.05, 0.1) is 6.61 Å². The van der Waals surface area contributed by atoms with Gasteiger partial charge in [0.25, 0.3) is 0 Å². The van der Waals surface area contributed by atoms with Gasteiger partial charge in [-0.25, -0.2) is 0 Å². The third kappa shape index (κ3) is 10.0. The van der Waals surface area contributed by atoms with Crippen molar-refractivity contribution in [2.24, 2.45) is 0 Å². The van der Waals surface area contributed by atoms with E-state index in [1.165, 1.54) is 48.3 Å². The van der Waals surface area contributed by atoms with E-state index in [0.29, 0.717) is 0 Å². The number of unbranched alkanes of at least 4 members (excludes halogenated alkanes) is 5. The summed E-state index contributed by atoms with van der Waals surface area (Å²) in [6.45, 7) is 11.5. The number of hydrogen-bond acceptors (Lipinski definition) is 3. The van der Waals surface area contributed by atoms with Crippen molar-refractivity contribution in [2.75, 3.05) is 6.61 Å². The maximum atomic E-state index is 5.77. The Morgan fingerprint density at radius 3 is 2.38 bits per heavy atom. The first kappa shape index (κ1) is 18.7. The fourth-order valence-electron chi connectivity index (χ4n) is 2.10. The molecule has 0 aliphatic heterocycles. The van der Waals surface area contributed by atoms with Crippen LogP contribution < -0.4 is 5.32 Å². The molecule has 21 heavy (non-hydrogen) atoms. The van der Waals surface area contributed by atoms with Crippen molar-refractivity contribution < 1.29 is 4.74 Å². The van der Waals surface area contributed by atoms with Gasteiger partial charge in [-0.15, -0.1) is 11.3 Å². The molecule has 0 atom stereocenters. The highest BCUT2D eigenvalue weighted by atomic mass is 32.1. The molecule has 0 fully saturated rings. The van der Waals surface area contributed by atoms with E-state index < -0.39 is 0 Å². The Morgan fingerprint density at radius 2 is 1.67 bits per heavy atom. The van der Waals surface area contributed by atoms with Crippen molar-refractivity contribution in [3.63, 3.8) is 0 Å². The number of nitrogens with one attached hydrogen (secondary N) is 1. The zero-order valence-electron chi connectivity index (χ0n) is 14.3. The van der Waals surface area contributed by atoms with Crippen LogP contribution in [-0.4, -0.2) is 12.1 Å². The van der Waals surface area contributed by atoms with Gasteiger partial charge in [-0.2, -0.15) is 0 Å². The summed E-state index contributed by atoms with van der Waals surface area (Å²) in [4.78, 5) is 2.73. The van der Waals surface area contributed by atoms with Crippen LogP contribution in [0.15, 0.2) is 12.1 Å². The minimum absolute atomic E-state index is 0.179. The van der Waals surface area contributed by atoms with Gasteiger partial charge >= 0.3 is 0 Å². The van der Waals surface area contributed by atoms with E-state index in [1.807, 2.05) is 11.3 Å². The van der Waals surface area contributed by atoms with Gasteiger partial charge in [0.1, 0.15) is 0 Å². The van der Waals surface area contributed by atoms with Crippen molar-refractivity contribution in [1.29, 1.82) is 0 Å². The summed E-state index contributed by atoms with van der Waals surface area (Å²) in [5, 5.41) is 3.52. The summed E-state index contributed by atoms with van der Waals surface area (Å²) in [7, 11) is 0. The molecule has 0 aliphatic carbocycles. The van der Waals surface area contributed by atoms with Gasteiger partial charge in [-0.3, -0.25) is 0 Å². The van der Waals surface area contributed by atoms with Crippen LogP contribution in [0, 0.1) is 0 Å². The van der Waals surface area contributed by atoms with Crippen LogP contribution in [0.25, 0.3) is 0 Å². The van der Waals surface area contributed by atoms with E-state index in [9.17, 15) is 0 Å². The summed E-state index contributed by atoms with van der Waals surface area (Å²) in [6.07, 6.45) is 7.95. The number of thiophene rings is 1. The number of rotatable bonds is 11. The SMILES string of the molecule is CCCCCCCCOCc1ccc(CNC(C)(C)C)s1. The fraction of sp³-hybridized carbons (Fsp3) is 0.778. The monoisotopic (exact) mass is 311 g/mol. The molecule has 0 bridgehead atoms.